The zero-order valence-corrected chi connectivity index (χ0v) is 21.7. The second-order valence-electron chi connectivity index (χ2n) is 10.1. The van der Waals surface area contributed by atoms with Crippen LogP contribution in [0, 0.1) is 5.92 Å². The van der Waals surface area contributed by atoms with Gasteiger partial charge in [-0.2, -0.15) is 0 Å². The van der Waals surface area contributed by atoms with Crippen molar-refractivity contribution in [2.75, 3.05) is 45.7 Å². The topological polar surface area (TPSA) is 82.6 Å². The van der Waals surface area contributed by atoms with Gasteiger partial charge in [-0.15, -0.1) is 0 Å². The third-order valence-corrected chi connectivity index (χ3v) is 7.20. The van der Waals surface area contributed by atoms with Crippen LogP contribution >= 0.6 is 0 Å². The summed E-state index contributed by atoms with van der Waals surface area (Å²) in [6.45, 7) is 5.13. The molecule has 0 radical (unpaired) electrons. The Labute approximate surface area is 219 Å². The molecule has 0 atom stereocenters. The number of hydrogen-bond donors (Lipinski definition) is 2. The summed E-state index contributed by atoms with van der Waals surface area (Å²) in [4.78, 5) is 26.7. The molecular formula is C29H36N6O2. The van der Waals surface area contributed by atoms with E-state index in [4.69, 9.17) is 9.72 Å². The van der Waals surface area contributed by atoms with Gasteiger partial charge in [-0.3, -0.25) is 9.69 Å². The Morgan fingerprint density at radius 2 is 1.78 bits per heavy atom. The van der Waals surface area contributed by atoms with Crippen LogP contribution in [0.3, 0.4) is 0 Å². The van der Waals surface area contributed by atoms with E-state index >= 15 is 0 Å². The summed E-state index contributed by atoms with van der Waals surface area (Å²) in [6.07, 6.45) is 4.50. The van der Waals surface area contributed by atoms with E-state index in [1.54, 1.807) is 13.3 Å². The van der Waals surface area contributed by atoms with Crippen molar-refractivity contribution >= 4 is 17.5 Å². The summed E-state index contributed by atoms with van der Waals surface area (Å²) in [5, 5.41) is 6.54. The molecule has 3 aromatic rings. The van der Waals surface area contributed by atoms with Crippen LogP contribution in [0.15, 0.2) is 54.7 Å². The van der Waals surface area contributed by atoms with Gasteiger partial charge in [-0.1, -0.05) is 24.3 Å². The fourth-order valence-corrected chi connectivity index (χ4v) is 5.14. The molecule has 5 aliphatic heterocycles. The second-order valence-corrected chi connectivity index (χ2v) is 10.1. The number of methoxy groups -OCH3 is 1. The van der Waals surface area contributed by atoms with E-state index < -0.39 is 0 Å². The number of nitrogens with one attached hydrogen (secondary N) is 2. The Kier molecular flexibility index (Phi) is 7.96. The first-order valence-corrected chi connectivity index (χ1v) is 13.1. The molecule has 1 fully saturated rings. The number of benzene rings is 2. The average Bonchev–Trinajstić information content (AvgIpc) is 2.91. The van der Waals surface area contributed by atoms with Gasteiger partial charge in [-0.25, -0.2) is 9.97 Å². The van der Waals surface area contributed by atoms with E-state index in [1.165, 1.54) is 5.56 Å². The quantitative estimate of drug-likeness (QED) is 0.521. The minimum atomic E-state index is 0.0982. The van der Waals surface area contributed by atoms with Crippen molar-refractivity contribution < 1.29 is 9.53 Å². The number of aromatic nitrogens is 2. The Balaban J connectivity index is 1.41. The lowest BCUT2D eigenvalue weighted by Gasteiger charge is -2.31. The maximum atomic E-state index is 12.7. The number of carbonyl (C=O) groups is 1. The van der Waals surface area contributed by atoms with Gasteiger partial charge >= 0.3 is 0 Å². The van der Waals surface area contributed by atoms with Crippen molar-refractivity contribution in [3.63, 3.8) is 0 Å². The Morgan fingerprint density at radius 3 is 2.57 bits per heavy atom. The predicted molar refractivity (Wildman–Crippen MR) is 146 cm³/mol. The molecule has 8 nitrogen and oxygen atoms in total. The van der Waals surface area contributed by atoms with Crippen LogP contribution in [-0.4, -0.2) is 66.0 Å². The molecule has 8 bridgehead atoms. The monoisotopic (exact) mass is 500 g/mol. The van der Waals surface area contributed by atoms with Crippen molar-refractivity contribution in [2.24, 2.45) is 5.92 Å². The first kappa shape index (κ1) is 25.2. The van der Waals surface area contributed by atoms with E-state index in [1.807, 2.05) is 12.1 Å². The normalized spacial score (nSPS) is 21.2. The number of amides is 1. The Hall–Kier alpha value is -3.49. The smallest absolute Gasteiger partial charge is 0.227 e. The molecule has 2 aromatic carbocycles. The molecule has 1 saturated heterocycles. The van der Waals surface area contributed by atoms with Gasteiger partial charge in [-0.05, 0) is 75.3 Å². The van der Waals surface area contributed by atoms with Gasteiger partial charge in [0.05, 0.1) is 12.8 Å². The van der Waals surface area contributed by atoms with Gasteiger partial charge in [0.1, 0.15) is 5.75 Å². The van der Waals surface area contributed by atoms with Crippen LogP contribution in [0.1, 0.15) is 30.4 Å². The molecule has 5 aliphatic rings. The van der Waals surface area contributed by atoms with Crippen LogP contribution < -0.4 is 15.4 Å². The molecule has 0 aliphatic carbocycles. The predicted octanol–water partition coefficient (Wildman–Crippen LogP) is 4.06. The summed E-state index contributed by atoms with van der Waals surface area (Å²) in [7, 11) is 3.81. The van der Waals surface area contributed by atoms with Gasteiger partial charge < -0.3 is 20.3 Å². The number of rotatable bonds is 1. The molecule has 8 rings (SSSR count). The largest absolute Gasteiger partial charge is 0.497 e. The average molecular weight is 501 g/mol. The number of piperidine rings is 1. The standard InChI is InChI=1S/C29H36N6O2/c1-34-13-3-11-30-28(36)24-9-14-35(15-10-24)20-22-16-25(18-26(17-22)37-2)32-29-31-12-8-27(33-29)23-6-4-21(19-34)5-7-23/h4-8,12,16-18,24H,3,9-11,13-15,19-20H2,1-2H3,(H,30,36)(H,31,32,33). The van der Waals surface area contributed by atoms with Crippen molar-refractivity contribution in [1.29, 1.82) is 0 Å². The molecule has 2 N–H and O–H groups in total. The summed E-state index contributed by atoms with van der Waals surface area (Å²) in [6, 6.07) is 16.6. The number of carbonyl (C=O) groups excluding carboxylic acids is 1. The van der Waals surface area contributed by atoms with E-state index in [2.05, 4.69) is 68.9 Å². The maximum Gasteiger partial charge on any atom is 0.227 e. The number of nitrogens with zero attached hydrogens (tertiary/aromatic N) is 4. The molecule has 8 heteroatoms. The van der Waals surface area contributed by atoms with Crippen LogP contribution in [0.25, 0.3) is 11.3 Å². The van der Waals surface area contributed by atoms with Crippen LogP contribution in [0.4, 0.5) is 11.6 Å². The Bertz CT molecular complexity index is 1210. The highest BCUT2D eigenvalue weighted by atomic mass is 16.5. The summed E-state index contributed by atoms with van der Waals surface area (Å²) < 4.78 is 5.58. The molecule has 6 heterocycles. The van der Waals surface area contributed by atoms with Crippen molar-refractivity contribution in [2.45, 2.75) is 32.4 Å². The highest BCUT2D eigenvalue weighted by Crippen LogP contribution is 2.27. The number of anilines is 2. The first-order chi connectivity index (χ1) is 18.1. The minimum absolute atomic E-state index is 0.0982. The number of ether oxygens (including phenoxy) is 1. The van der Waals surface area contributed by atoms with Crippen molar-refractivity contribution in [1.82, 2.24) is 25.1 Å². The summed E-state index contributed by atoms with van der Waals surface area (Å²) >= 11 is 0. The fraction of sp³-hybridized carbons (Fsp3) is 0.414. The molecule has 194 valence electrons. The highest BCUT2D eigenvalue weighted by molar-refractivity contribution is 5.78. The van der Waals surface area contributed by atoms with Crippen molar-refractivity contribution in [3.05, 3.63) is 65.9 Å². The van der Waals surface area contributed by atoms with E-state index in [-0.39, 0.29) is 11.8 Å². The molecule has 0 unspecified atom stereocenters. The lowest BCUT2D eigenvalue weighted by atomic mass is 9.95. The third-order valence-electron chi connectivity index (χ3n) is 7.20. The molecule has 0 saturated carbocycles. The highest BCUT2D eigenvalue weighted by Gasteiger charge is 2.25. The van der Waals surface area contributed by atoms with E-state index in [9.17, 15) is 4.79 Å². The van der Waals surface area contributed by atoms with E-state index in [0.717, 1.165) is 86.8 Å². The third kappa shape index (κ3) is 6.64. The van der Waals surface area contributed by atoms with Gasteiger partial charge in [0.2, 0.25) is 11.9 Å². The molecule has 1 amide bonds. The first-order valence-electron chi connectivity index (χ1n) is 13.1. The maximum absolute atomic E-state index is 12.7. The molecule has 1 aromatic heterocycles. The zero-order chi connectivity index (χ0) is 25.6. The fourth-order valence-electron chi connectivity index (χ4n) is 5.14. The van der Waals surface area contributed by atoms with Crippen LogP contribution in [0.5, 0.6) is 5.75 Å². The van der Waals surface area contributed by atoms with Crippen molar-refractivity contribution in [3.8, 4) is 17.0 Å². The van der Waals surface area contributed by atoms with Crippen LogP contribution in [-0.2, 0) is 17.9 Å². The van der Waals surface area contributed by atoms with Gasteiger partial charge in [0.15, 0.2) is 0 Å². The summed E-state index contributed by atoms with van der Waals surface area (Å²) in [5.74, 6) is 1.63. The second kappa shape index (κ2) is 11.7. The lowest BCUT2D eigenvalue weighted by Crippen LogP contribution is -2.40. The van der Waals surface area contributed by atoms with E-state index in [0.29, 0.717) is 5.95 Å². The van der Waals surface area contributed by atoms with Gasteiger partial charge in [0.25, 0.3) is 0 Å². The molecule has 37 heavy (non-hydrogen) atoms. The number of hydrogen-bond acceptors (Lipinski definition) is 7. The van der Waals surface area contributed by atoms with Crippen LogP contribution in [0.2, 0.25) is 0 Å². The zero-order valence-electron chi connectivity index (χ0n) is 21.7. The lowest BCUT2D eigenvalue weighted by molar-refractivity contribution is -0.126. The minimum Gasteiger partial charge on any atom is -0.497 e. The van der Waals surface area contributed by atoms with Gasteiger partial charge in [0, 0.05) is 49.1 Å². The SMILES string of the molecule is COc1cc2cc(c1)Nc1nccc(n1)-c1ccc(cc1)CN(C)CCCNC(=O)C1CCN(CC1)C2. The molecular weight excluding hydrogens is 464 g/mol. The molecule has 0 spiro atoms. The Morgan fingerprint density at radius 1 is 0.973 bits per heavy atom. The summed E-state index contributed by atoms with van der Waals surface area (Å²) in [5.41, 5.74) is 5.21.